The molecule has 0 radical (unpaired) electrons. The van der Waals surface area contributed by atoms with E-state index in [-0.39, 0.29) is 0 Å². The number of hydrogen-bond donors (Lipinski definition) is 1. The van der Waals surface area contributed by atoms with Crippen LogP contribution in [0.3, 0.4) is 0 Å². The predicted molar refractivity (Wildman–Crippen MR) is 51.0 cm³/mol. The molecule has 0 saturated heterocycles. The van der Waals surface area contributed by atoms with Crippen molar-refractivity contribution in [3.63, 3.8) is 0 Å². The summed E-state index contributed by atoms with van der Waals surface area (Å²) in [5.74, 6) is 0. The molecule has 0 fully saturated rings. The molecule has 1 aromatic carbocycles. The lowest BCUT2D eigenvalue weighted by Gasteiger charge is -2.04. The normalized spacial score (nSPS) is 10.3. The van der Waals surface area contributed by atoms with Crippen LogP contribution >= 0.6 is 0 Å². The van der Waals surface area contributed by atoms with Crippen molar-refractivity contribution in [2.24, 2.45) is 0 Å². The molecule has 0 amide bonds. The lowest BCUT2D eigenvalue weighted by Crippen LogP contribution is -2.10. The minimum atomic E-state index is 0.654. The molecule has 72 valence electrons. The second kappa shape index (κ2) is 5.70. The molecule has 0 unspecified atom stereocenters. The van der Waals surface area contributed by atoms with Gasteiger partial charge in [-0.3, -0.25) is 0 Å². The minimum Gasteiger partial charge on any atom is -0.380 e. The van der Waals surface area contributed by atoms with Gasteiger partial charge in [0.05, 0.1) is 13.7 Å². The van der Waals surface area contributed by atoms with Crippen LogP contribution in [0.4, 0.5) is 0 Å². The molecule has 0 aromatic heterocycles. The number of benzene rings is 1. The van der Waals surface area contributed by atoms with Gasteiger partial charge < -0.3 is 9.57 Å². The molecule has 0 atom stereocenters. The Hall–Kier alpha value is -0.900. The molecule has 1 N–H and O–H groups in total. The van der Waals surface area contributed by atoms with Gasteiger partial charge in [-0.05, 0) is 11.1 Å². The van der Waals surface area contributed by atoms with Crippen molar-refractivity contribution in [3.05, 3.63) is 35.4 Å². The lowest BCUT2D eigenvalue weighted by molar-refractivity contribution is 0.0866. The molecule has 13 heavy (non-hydrogen) atoms. The summed E-state index contributed by atoms with van der Waals surface area (Å²) in [7, 11) is 3.30. The van der Waals surface area contributed by atoms with Gasteiger partial charge >= 0.3 is 0 Å². The maximum absolute atomic E-state index is 5.04. The topological polar surface area (TPSA) is 30.5 Å². The Balaban J connectivity index is 2.56. The van der Waals surface area contributed by atoms with Crippen molar-refractivity contribution in [3.8, 4) is 0 Å². The quantitative estimate of drug-likeness (QED) is 0.698. The molecular formula is C10H15NO2. The van der Waals surface area contributed by atoms with Gasteiger partial charge in [0.2, 0.25) is 0 Å². The highest BCUT2D eigenvalue weighted by molar-refractivity contribution is 5.22. The van der Waals surface area contributed by atoms with Crippen LogP contribution in [0.15, 0.2) is 24.3 Å². The monoisotopic (exact) mass is 181 g/mol. The molecule has 0 saturated carbocycles. The molecule has 1 rings (SSSR count). The number of hydrogen-bond acceptors (Lipinski definition) is 3. The van der Waals surface area contributed by atoms with Crippen molar-refractivity contribution >= 4 is 0 Å². The smallest absolute Gasteiger partial charge is 0.0713 e. The van der Waals surface area contributed by atoms with Crippen molar-refractivity contribution in [1.82, 2.24) is 5.48 Å². The first-order valence-corrected chi connectivity index (χ1v) is 4.19. The zero-order valence-corrected chi connectivity index (χ0v) is 8.04. The fraction of sp³-hybridized carbons (Fsp3) is 0.400. The van der Waals surface area contributed by atoms with E-state index in [1.807, 2.05) is 18.2 Å². The highest BCUT2D eigenvalue weighted by atomic mass is 16.6. The van der Waals surface area contributed by atoms with Gasteiger partial charge in [0, 0.05) is 13.7 Å². The van der Waals surface area contributed by atoms with Gasteiger partial charge in [-0.15, -0.1) is 0 Å². The van der Waals surface area contributed by atoms with Crippen molar-refractivity contribution in [2.75, 3.05) is 14.2 Å². The van der Waals surface area contributed by atoms with Crippen molar-refractivity contribution in [1.29, 1.82) is 0 Å². The van der Waals surface area contributed by atoms with E-state index in [4.69, 9.17) is 9.57 Å². The Kier molecular flexibility index (Phi) is 4.46. The number of methoxy groups -OCH3 is 1. The Morgan fingerprint density at radius 1 is 1.23 bits per heavy atom. The minimum absolute atomic E-state index is 0.654. The van der Waals surface area contributed by atoms with Gasteiger partial charge in [-0.2, -0.15) is 5.48 Å². The molecular weight excluding hydrogens is 166 g/mol. The Labute approximate surface area is 78.6 Å². The summed E-state index contributed by atoms with van der Waals surface area (Å²) in [6, 6.07) is 8.20. The number of ether oxygens (including phenoxy) is 1. The molecule has 3 nitrogen and oxygen atoms in total. The maximum atomic E-state index is 5.04. The summed E-state index contributed by atoms with van der Waals surface area (Å²) in [6.07, 6.45) is 0. The van der Waals surface area contributed by atoms with Crippen LogP contribution < -0.4 is 5.48 Å². The van der Waals surface area contributed by atoms with Crippen LogP contribution in [0, 0.1) is 0 Å². The van der Waals surface area contributed by atoms with Crippen molar-refractivity contribution in [2.45, 2.75) is 13.2 Å². The summed E-state index contributed by atoms with van der Waals surface area (Å²) < 4.78 is 5.04. The molecule has 1 aromatic rings. The lowest BCUT2D eigenvalue weighted by atomic mass is 10.1. The summed E-state index contributed by atoms with van der Waals surface area (Å²) in [4.78, 5) is 4.76. The van der Waals surface area contributed by atoms with E-state index < -0.39 is 0 Å². The molecule has 3 heteroatoms. The number of rotatable bonds is 5. The molecule has 0 bridgehead atoms. The molecule has 0 spiro atoms. The second-order valence-corrected chi connectivity index (χ2v) is 2.78. The Bertz CT molecular complexity index is 250. The van der Waals surface area contributed by atoms with Crippen LogP contribution in [0.25, 0.3) is 0 Å². The summed E-state index contributed by atoms with van der Waals surface area (Å²) in [5, 5.41) is 0. The van der Waals surface area contributed by atoms with E-state index in [0.29, 0.717) is 13.2 Å². The highest BCUT2D eigenvalue weighted by Crippen LogP contribution is 2.05. The number of nitrogens with one attached hydrogen (secondary N) is 1. The first-order valence-electron chi connectivity index (χ1n) is 4.19. The largest absolute Gasteiger partial charge is 0.380 e. The summed E-state index contributed by atoms with van der Waals surface area (Å²) in [5.41, 5.74) is 5.16. The third-order valence-electron chi connectivity index (χ3n) is 1.72. The highest BCUT2D eigenvalue weighted by Gasteiger charge is 1.94. The molecule has 0 heterocycles. The van der Waals surface area contributed by atoms with E-state index in [0.717, 1.165) is 0 Å². The van der Waals surface area contributed by atoms with Gasteiger partial charge in [-0.1, -0.05) is 24.3 Å². The summed E-state index contributed by atoms with van der Waals surface area (Å²) >= 11 is 0. The molecule has 0 aliphatic carbocycles. The maximum Gasteiger partial charge on any atom is 0.0713 e. The Morgan fingerprint density at radius 2 is 2.00 bits per heavy atom. The third kappa shape index (κ3) is 3.55. The van der Waals surface area contributed by atoms with Gasteiger partial charge in [0.1, 0.15) is 0 Å². The van der Waals surface area contributed by atoms with Crippen LogP contribution in [-0.4, -0.2) is 14.2 Å². The van der Waals surface area contributed by atoms with Crippen LogP contribution in [0.1, 0.15) is 11.1 Å². The zero-order chi connectivity index (χ0) is 9.52. The van der Waals surface area contributed by atoms with Crippen LogP contribution in [-0.2, 0) is 22.7 Å². The third-order valence-corrected chi connectivity index (χ3v) is 1.72. The average molecular weight is 181 g/mol. The second-order valence-electron chi connectivity index (χ2n) is 2.78. The van der Waals surface area contributed by atoms with E-state index in [2.05, 4.69) is 11.5 Å². The van der Waals surface area contributed by atoms with Crippen LogP contribution in [0.5, 0.6) is 0 Å². The van der Waals surface area contributed by atoms with E-state index in [9.17, 15) is 0 Å². The average Bonchev–Trinajstić information content (AvgIpc) is 2.16. The molecule has 0 aliphatic heterocycles. The fourth-order valence-corrected chi connectivity index (χ4v) is 1.15. The van der Waals surface area contributed by atoms with Gasteiger partial charge in [0.15, 0.2) is 0 Å². The standard InChI is InChI=1S/C10H15NO2/c1-12-8-10-5-3-4-9(6-10)7-11-13-2/h3-6,11H,7-8H2,1-2H3. The zero-order valence-electron chi connectivity index (χ0n) is 8.04. The first kappa shape index (κ1) is 10.2. The van der Waals surface area contributed by atoms with Crippen LogP contribution in [0.2, 0.25) is 0 Å². The predicted octanol–water partition coefficient (Wildman–Crippen LogP) is 1.48. The fourth-order valence-electron chi connectivity index (χ4n) is 1.15. The Morgan fingerprint density at radius 3 is 2.69 bits per heavy atom. The first-order chi connectivity index (χ1) is 6.36. The molecule has 0 aliphatic rings. The van der Waals surface area contributed by atoms with E-state index in [1.165, 1.54) is 11.1 Å². The van der Waals surface area contributed by atoms with Gasteiger partial charge in [0.25, 0.3) is 0 Å². The summed E-state index contributed by atoms with van der Waals surface area (Å²) in [6.45, 7) is 1.37. The van der Waals surface area contributed by atoms with E-state index >= 15 is 0 Å². The SMILES string of the molecule is COCc1cccc(CNOC)c1. The van der Waals surface area contributed by atoms with E-state index in [1.54, 1.807) is 14.2 Å². The van der Waals surface area contributed by atoms with Crippen molar-refractivity contribution < 1.29 is 9.57 Å². The number of hydroxylamine groups is 1. The van der Waals surface area contributed by atoms with Gasteiger partial charge in [-0.25, -0.2) is 0 Å².